The standard InChI is InChI=1S/C16H16N2O/c1-19-16-5-3-2-4-13(16)11-18-9-8-12-6-7-14(17)10-15(12)18/h2-10H,11,17H2,1H3. The van der Waals surface area contributed by atoms with Gasteiger partial charge in [-0.2, -0.15) is 0 Å². The fraction of sp³-hybridized carbons (Fsp3) is 0.125. The third-order valence-corrected chi connectivity index (χ3v) is 3.33. The lowest BCUT2D eigenvalue weighted by Crippen LogP contribution is -2.00. The maximum atomic E-state index is 5.86. The Morgan fingerprint density at radius 1 is 1.11 bits per heavy atom. The molecule has 3 aromatic rings. The first-order valence-electron chi connectivity index (χ1n) is 6.24. The van der Waals surface area contributed by atoms with Crippen molar-refractivity contribution in [2.24, 2.45) is 0 Å². The first-order valence-corrected chi connectivity index (χ1v) is 6.24. The molecule has 1 aromatic heterocycles. The second-order valence-corrected chi connectivity index (χ2v) is 4.57. The second-order valence-electron chi connectivity index (χ2n) is 4.57. The molecule has 0 radical (unpaired) electrons. The minimum atomic E-state index is 0.775. The van der Waals surface area contributed by atoms with Gasteiger partial charge < -0.3 is 15.0 Å². The summed E-state index contributed by atoms with van der Waals surface area (Å²) in [6.45, 7) is 0.775. The van der Waals surface area contributed by atoms with E-state index in [9.17, 15) is 0 Å². The van der Waals surface area contributed by atoms with Crippen LogP contribution >= 0.6 is 0 Å². The number of anilines is 1. The largest absolute Gasteiger partial charge is 0.496 e. The second kappa shape index (κ2) is 4.69. The van der Waals surface area contributed by atoms with E-state index in [0.29, 0.717) is 0 Å². The molecule has 2 N–H and O–H groups in total. The highest BCUT2D eigenvalue weighted by Gasteiger charge is 2.05. The van der Waals surface area contributed by atoms with Gasteiger partial charge in [0.25, 0.3) is 0 Å². The van der Waals surface area contributed by atoms with Crippen molar-refractivity contribution in [2.45, 2.75) is 6.54 Å². The molecule has 3 rings (SSSR count). The summed E-state index contributed by atoms with van der Waals surface area (Å²) in [5, 5.41) is 1.20. The van der Waals surface area contributed by atoms with E-state index in [1.165, 1.54) is 5.39 Å². The van der Waals surface area contributed by atoms with Crippen LogP contribution in [0.15, 0.2) is 54.7 Å². The topological polar surface area (TPSA) is 40.2 Å². The average molecular weight is 252 g/mol. The molecule has 0 unspecified atom stereocenters. The third kappa shape index (κ3) is 2.15. The van der Waals surface area contributed by atoms with Crippen LogP contribution in [-0.4, -0.2) is 11.7 Å². The number of benzene rings is 2. The van der Waals surface area contributed by atoms with Crippen molar-refractivity contribution in [3.05, 3.63) is 60.3 Å². The number of methoxy groups -OCH3 is 1. The fourth-order valence-corrected chi connectivity index (χ4v) is 2.36. The Hall–Kier alpha value is -2.42. The van der Waals surface area contributed by atoms with Crippen molar-refractivity contribution in [1.82, 2.24) is 4.57 Å². The molecular formula is C16H16N2O. The van der Waals surface area contributed by atoms with Gasteiger partial charge in [-0.05, 0) is 29.7 Å². The molecular weight excluding hydrogens is 236 g/mol. The van der Waals surface area contributed by atoms with Gasteiger partial charge in [0.15, 0.2) is 0 Å². The Kier molecular flexibility index (Phi) is 2.88. The predicted octanol–water partition coefficient (Wildman–Crippen LogP) is 3.28. The quantitative estimate of drug-likeness (QED) is 0.727. The van der Waals surface area contributed by atoms with E-state index in [2.05, 4.69) is 22.9 Å². The molecule has 0 aliphatic rings. The minimum Gasteiger partial charge on any atom is -0.496 e. The summed E-state index contributed by atoms with van der Waals surface area (Å²) in [6, 6.07) is 16.1. The number of rotatable bonds is 3. The predicted molar refractivity (Wildman–Crippen MR) is 78.4 cm³/mol. The van der Waals surface area contributed by atoms with Crippen LogP contribution < -0.4 is 10.5 Å². The first kappa shape index (κ1) is 11.7. The molecule has 0 bridgehead atoms. The Labute approximate surface area is 112 Å². The van der Waals surface area contributed by atoms with E-state index in [4.69, 9.17) is 10.5 Å². The zero-order chi connectivity index (χ0) is 13.2. The monoisotopic (exact) mass is 252 g/mol. The SMILES string of the molecule is COc1ccccc1Cn1ccc2ccc(N)cc21. The van der Waals surface area contributed by atoms with Crippen LogP contribution in [0.1, 0.15) is 5.56 Å². The summed E-state index contributed by atoms with van der Waals surface area (Å²) in [7, 11) is 1.70. The number of hydrogen-bond acceptors (Lipinski definition) is 2. The van der Waals surface area contributed by atoms with Crippen LogP contribution in [0.3, 0.4) is 0 Å². The van der Waals surface area contributed by atoms with Crippen LogP contribution in [0.25, 0.3) is 10.9 Å². The Bertz CT molecular complexity index is 716. The molecule has 1 heterocycles. The van der Waals surface area contributed by atoms with Gasteiger partial charge in [0.2, 0.25) is 0 Å². The van der Waals surface area contributed by atoms with Crippen LogP contribution in [0.2, 0.25) is 0 Å². The highest BCUT2D eigenvalue weighted by molar-refractivity contribution is 5.83. The number of para-hydroxylation sites is 1. The normalized spacial score (nSPS) is 10.8. The summed E-state index contributed by atoms with van der Waals surface area (Å²) in [6.07, 6.45) is 2.08. The van der Waals surface area contributed by atoms with Crippen molar-refractivity contribution < 1.29 is 4.74 Å². The molecule has 0 amide bonds. The lowest BCUT2D eigenvalue weighted by Gasteiger charge is -2.10. The average Bonchev–Trinajstić information content (AvgIpc) is 2.82. The number of hydrogen-bond donors (Lipinski definition) is 1. The van der Waals surface area contributed by atoms with Gasteiger partial charge in [-0.25, -0.2) is 0 Å². The summed E-state index contributed by atoms with van der Waals surface area (Å²) >= 11 is 0. The molecule has 0 aliphatic heterocycles. The van der Waals surface area contributed by atoms with E-state index >= 15 is 0 Å². The molecule has 0 saturated carbocycles. The molecule has 0 saturated heterocycles. The number of nitrogens with two attached hydrogens (primary N) is 1. The minimum absolute atomic E-state index is 0.775. The first-order chi connectivity index (χ1) is 9.28. The third-order valence-electron chi connectivity index (χ3n) is 3.33. The summed E-state index contributed by atoms with van der Waals surface area (Å²) < 4.78 is 7.58. The number of aromatic nitrogens is 1. The number of nitrogen functional groups attached to an aromatic ring is 1. The molecule has 0 aliphatic carbocycles. The zero-order valence-corrected chi connectivity index (χ0v) is 10.8. The number of fused-ring (bicyclic) bond motifs is 1. The van der Waals surface area contributed by atoms with Gasteiger partial charge in [0.1, 0.15) is 5.75 Å². The van der Waals surface area contributed by atoms with E-state index in [0.717, 1.165) is 29.1 Å². The van der Waals surface area contributed by atoms with Gasteiger partial charge in [-0.3, -0.25) is 0 Å². The number of nitrogens with zero attached hydrogens (tertiary/aromatic N) is 1. The van der Waals surface area contributed by atoms with Gasteiger partial charge in [-0.15, -0.1) is 0 Å². The number of ether oxygens (including phenoxy) is 1. The highest BCUT2D eigenvalue weighted by atomic mass is 16.5. The van der Waals surface area contributed by atoms with Crippen molar-refractivity contribution in [2.75, 3.05) is 12.8 Å². The smallest absolute Gasteiger partial charge is 0.123 e. The van der Waals surface area contributed by atoms with Gasteiger partial charge >= 0.3 is 0 Å². The van der Waals surface area contributed by atoms with E-state index in [-0.39, 0.29) is 0 Å². The highest BCUT2D eigenvalue weighted by Crippen LogP contribution is 2.23. The maximum absolute atomic E-state index is 5.86. The molecule has 19 heavy (non-hydrogen) atoms. The molecule has 3 nitrogen and oxygen atoms in total. The van der Waals surface area contributed by atoms with Crippen molar-refractivity contribution in [3.8, 4) is 5.75 Å². The lowest BCUT2D eigenvalue weighted by molar-refractivity contribution is 0.408. The van der Waals surface area contributed by atoms with Gasteiger partial charge in [0.05, 0.1) is 19.2 Å². The fourth-order valence-electron chi connectivity index (χ4n) is 2.36. The molecule has 0 atom stereocenters. The Morgan fingerprint density at radius 3 is 2.79 bits per heavy atom. The molecule has 96 valence electrons. The molecule has 2 aromatic carbocycles. The van der Waals surface area contributed by atoms with E-state index in [1.807, 2.05) is 36.4 Å². The van der Waals surface area contributed by atoms with Gasteiger partial charge in [-0.1, -0.05) is 24.3 Å². The van der Waals surface area contributed by atoms with Crippen LogP contribution in [0.5, 0.6) is 5.75 Å². The molecule has 3 heteroatoms. The van der Waals surface area contributed by atoms with Crippen LogP contribution in [-0.2, 0) is 6.54 Å². The van der Waals surface area contributed by atoms with Crippen molar-refractivity contribution >= 4 is 16.6 Å². The van der Waals surface area contributed by atoms with Crippen LogP contribution in [0.4, 0.5) is 5.69 Å². The molecule has 0 fully saturated rings. The lowest BCUT2D eigenvalue weighted by atomic mass is 10.2. The Morgan fingerprint density at radius 2 is 1.95 bits per heavy atom. The van der Waals surface area contributed by atoms with E-state index < -0.39 is 0 Å². The maximum Gasteiger partial charge on any atom is 0.123 e. The Balaban J connectivity index is 2.03. The van der Waals surface area contributed by atoms with E-state index in [1.54, 1.807) is 7.11 Å². The summed E-state index contributed by atoms with van der Waals surface area (Å²) in [5.74, 6) is 0.910. The van der Waals surface area contributed by atoms with Gasteiger partial charge in [0, 0.05) is 17.4 Å². The van der Waals surface area contributed by atoms with Crippen molar-refractivity contribution in [1.29, 1.82) is 0 Å². The zero-order valence-electron chi connectivity index (χ0n) is 10.8. The van der Waals surface area contributed by atoms with Crippen LogP contribution in [0, 0.1) is 0 Å². The van der Waals surface area contributed by atoms with Crippen molar-refractivity contribution in [3.63, 3.8) is 0 Å². The summed E-state index contributed by atoms with van der Waals surface area (Å²) in [5.41, 5.74) is 8.95. The molecule has 0 spiro atoms. The summed E-state index contributed by atoms with van der Waals surface area (Å²) in [4.78, 5) is 0.